The average Bonchev–Trinajstić information content (AvgIpc) is 2.69. The van der Waals surface area contributed by atoms with Crippen LogP contribution in [0.2, 0.25) is 0 Å². The fraction of sp³-hybridized carbons (Fsp3) is 0.111. The molecule has 0 radical (unpaired) electrons. The lowest BCUT2D eigenvalue weighted by Crippen LogP contribution is -2.07. The summed E-state index contributed by atoms with van der Waals surface area (Å²) in [6, 6.07) is 0.501. The first-order chi connectivity index (χ1) is 8.83. The summed E-state index contributed by atoms with van der Waals surface area (Å²) in [5.74, 6) is -0.998. The smallest absolute Gasteiger partial charge is 0.356 e. The number of hydrogen-bond acceptors (Lipinski definition) is 3. The molecule has 0 bridgehead atoms. The second kappa shape index (κ2) is 3.75. The number of aromatic amines is 1. The number of nitrogens with one attached hydrogen (secondary N) is 1. The normalized spacial score (nSPS) is 15.8. The number of aromatic nitrogens is 2. The van der Waals surface area contributed by atoms with Crippen molar-refractivity contribution in [2.24, 2.45) is 0 Å². The molecule has 0 saturated carbocycles. The van der Waals surface area contributed by atoms with E-state index in [9.17, 15) is 24.2 Å². The van der Waals surface area contributed by atoms with E-state index >= 15 is 0 Å². The number of esters is 1. The van der Waals surface area contributed by atoms with E-state index in [0.717, 1.165) is 7.11 Å². The van der Waals surface area contributed by atoms with Crippen LogP contribution in [0.4, 0.5) is 19.4 Å². The number of H-pyrrole nitrogens is 1. The molecule has 2 aromatic rings. The Hall–Kier alpha value is -1.11. The van der Waals surface area contributed by atoms with Crippen LogP contribution in [0.5, 0.6) is 0 Å². The minimum atomic E-state index is -9.83. The van der Waals surface area contributed by atoms with Gasteiger partial charge in [-0.25, -0.2) is 4.79 Å². The van der Waals surface area contributed by atoms with Gasteiger partial charge in [0.05, 0.1) is 7.11 Å². The summed E-state index contributed by atoms with van der Waals surface area (Å²) in [7, 11) is -8.83. The number of fused-ring (bicyclic) bond motifs is 1. The number of benzene rings is 1. The molecule has 0 aliphatic heterocycles. The lowest BCUT2D eigenvalue weighted by Gasteiger charge is -2.40. The van der Waals surface area contributed by atoms with Gasteiger partial charge in [0.15, 0.2) is 5.69 Å². The Morgan fingerprint density at radius 1 is 1.30 bits per heavy atom. The number of carbonyl (C=O) groups excluding carboxylic acids is 1. The van der Waals surface area contributed by atoms with Crippen molar-refractivity contribution in [2.75, 3.05) is 7.11 Å². The molecular weight excluding hydrogens is 422 g/mol. The zero-order chi connectivity index (χ0) is 15.4. The quantitative estimate of drug-likeness (QED) is 0.432. The molecule has 112 valence electrons. The molecule has 1 aromatic heterocycles. The van der Waals surface area contributed by atoms with Gasteiger partial charge in [-0.1, -0.05) is 19.4 Å². The number of carbonyl (C=O) groups is 1. The predicted molar refractivity (Wildman–Crippen MR) is 71.5 cm³/mol. The molecule has 0 amide bonds. The molecule has 1 heterocycles. The molecule has 1 aromatic carbocycles. The summed E-state index contributed by atoms with van der Waals surface area (Å²) < 4.78 is 68.3. The van der Waals surface area contributed by atoms with Gasteiger partial charge in [-0.05, 0) is 34.7 Å². The molecule has 1 N–H and O–H groups in total. The van der Waals surface area contributed by atoms with Crippen LogP contribution in [0.1, 0.15) is 10.5 Å². The maximum atomic E-state index is 12.8. The molecule has 11 heteroatoms. The number of rotatable bonds is 2. The second-order valence-corrected chi connectivity index (χ2v) is 7.43. The van der Waals surface area contributed by atoms with E-state index in [0.29, 0.717) is 6.07 Å². The van der Waals surface area contributed by atoms with Gasteiger partial charge in [-0.3, -0.25) is 5.10 Å². The summed E-state index contributed by atoms with van der Waals surface area (Å²) in [4.78, 5) is 9.29. The van der Waals surface area contributed by atoms with Crippen molar-refractivity contribution in [3.8, 4) is 0 Å². The molecule has 0 aliphatic carbocycles. The highest BCUT2D eigenvalue weighted by molar-refractivity contribution is 14.1. The minimum absolute atomic E-state index is 0.0170. The second-order valence-electron chi connectivity index (χ2n) is 3.86. The molecule has 4 nitrogen and oxygen atoms in total. The zero-order valence-electron chi connectivity index (χ0n) is 9.59. The van der Waals surface area contributed by atoms with Crippen LogP contribution in [-0.4, -0.2) is 23.3 Å². The number of hydrogen-bond donors (Lipinski definition) is 1. The molecule has 0 saturated heterocycles. The fourth-order valence-corrected chi connectivity index (χ4v) is 3.17. The predicted octanol–water partition coefficient (Wildman–Crippen LogP) is 4.61. The van der Waals surface area contributed by atoms with Crippen LogP contribution in [0, 0.1) is 3.57 Å². The lowest BCUT2D eigenvalue weighted by atomic mass is 10.2. The van der Waals surface area contributed by atoms with Crippen LogP contribution in [0.25, 0.3) is 10.9 Å². The Balaban J connectivity index is 2.84. The highest BCUT2D eigenvalue weighted by Crippen LogP contribution is 3.02. The van der Waals surface area contributed by atoms with Crippen LogP contribution < -0.4 is 0 Å². The van der Waals surface area contributed by atoms with Gasteiger partial charge >= 0.3 is 16.2 Å². The highest BCUT2D eigenvalue weighted by Gasteiger charge is 2.65. The number of nitrogens with zero attached hydrogens (tertiary/aromatic N) is 1. The molecule has 20 heavy (non-hydrogen) atoms. The van der Waals surface area contributed by atoms with E-state index in [1.54, 1.807) is 0 Å². The van der Waals surface area contributed by atoms with Crippen LogP contribution in [0.15, 0.2) is 17.0 Å². The first kappa shape index (κ1) is 15.3. The van der Waals surface area contributed by atoms with Crippen LogP contribution in [0.3, 0.4) is 0 Å². The highest BCUT2D eigenvalue weighted by atomic mass is 127. The number of halogens is 6. The largest absolute Gasteiger partial charge is 0.464 e. The average molecular weight is 428 g/mol. The SMILES string of the molecule is COC(=O)c1[nH]nc2c(I)cc(S(F)(F)(F)(F)F)cc12. The maximum absolute atomic E-state index is 12.8. The maximum Gasteiger partial charge on any atom is 0.356 e. The molecule has 0 unspecified atom stereocenters. The van der Waals surface area contributed by atoms with Gasteiger partial charge < -0.3 is 4.74 Å². The van der Waals surface area contributed by atoms with Crippen molar-refractivity contribution in [3.05, 3.63) is 21.4 Å². The van der Waals surface area contributed by atoms with Gasteiger partial charge in [-0.2, -0.15) is 5.10 Å². The first-order valence-electron chi connectivity index (χ1n) is 4.83. The Labute approximate surface area is 122 Å². The topological polar surface area (TPSA) is 55.0 Å². The lowest BCUT2D eigenvalue weighted by molar-refractivity contribution is 0.0596. The number of methoxy groups -OCH3 is 1. The standard InChI is InChI=1S/C9H6F5IN2O2S/c1-19-9(18)8-5-2-4(20(10,11,12,13)14)3-6(15)7(5)16-17-8/h2-3H,1H3,(H,16,17). The third-order valence-corrected chi connectivity index (χ3v) is 4.37. The van der Waals surface area contributed by atoms with E-state index in [1.165, 1.54) is 22.6 Å². The summed E-state index contributed by atoms with van der Waals surface area (Å²) in [6.07, 6.45) is 0. The Kier molecular flexibility index (Phi) is 2.87. The Morgan fingerprint density at radius 2 is 1.90 bits per heavy atom. The van der Waals surface area contributed by atoms with Crippen LogP contribution in [-0.2, 0) is 4.74 Å². The van der Waals surface area contributed by atoms with Gasteiger partial charge in [0.25, 0.3) is 0 Å². The van der Waals surface area contributed by atoms with E-state index in [-0.39, 0.29) is 20.5 Å². The van der Waals surface area contributed by atoms with E-state index in [1.807, 2.05) is 0 Å². The van der Waals surface area contributed by atoms with Gasteiger partial charge in [0.1, 0.15) is 10.4 Å². The fourth-order valence-electron chi connectivity index (χ4n) is 1.53. The van der Waals surface area contributed by atoms with Crippen LogP contribution >= 0.6 is 32.8 Å². The van der Waals surface area contributed by atoms with E-state index < -0.39 is 26.8 Å². The van der Waals surface area contributed by atoms with Gasteiger partial charge in [0.2, 0.25) is 0 Å². The minimum Gasteiger partial charge on any atom is -0.464 e. The summed E-state index contributed by atoms with van der Waals surface area (Å²) in [6.45, 7) is 0. The van der Waals surface area contributed by atoms with Crippen molar-refractivity contribution in [2.45, 2.75) is 4.90 Å². The summed E-state index contributed by atoms with van der Waals surface area (Å²) in [5.41, 5.74) is -0.430. The van der Waals surface area contributed by atoms with Crippen molar-refractivity contribution in [1.82, 2.24) is 10.2 Å². The van der Waals surface area contributed by atoms with Crippen molar-refractivity contribution in [1.29, 1.82) is 0 Å². The molecule has 0 aliphatic rings. The molecule has 2 rings (SSSR count). The third-order valence-electron chi connectivity index (χ3n) is 2.42. The zero-order valence-corrected chi connectivity index (χ0v) is 12.6. The molecular formula is C9H6F5IN2O2S. The third kappa shape index (κ3) is 2.68. The van der Waals surface area contributed by atoms with E-state index in [4.69, 9.17) is 0 Å². The van der Waals surface area contributed by atoms with Crippen molar-refractivity contribution >= 4 is 49.7 Å². The van der Waals surface area contributed by atoms with E-state index in [2.05, 4.69) is 14.9 Å². The summed E-state index contributed by atoms with van der Waals surface area (Å²) >= 11 is 1.44. The number of ether oxygens (including phenoxy) is 1. The molecule has 0 spiro atoms. The first-order valence-corrected chi connectivity index (χ1v) is 7.86. The Morgan fingerprint density at radius 3 is 2.40 bits per heavy atom. The Bertz CT molecular complexity index is 727. The van der Waals surface area contributed by atoms with Gasteiger partial charge in [-0.15, -0.1) is 0 Å². The monoisotopic (exact) mass is 428 g/mol. The summed E-state index contributed by atoms with van der Waals surface area (Å²) in [5, 5.41) is 5.44. The van der Waals surface area contributed by atoms with Crippen molar-refractivity contribution < 1.29 is 29.0 Å². The molecule has 0 atom stereocenters. The van der Waals surface area contributed by atoms with Gasteiger partial charge in [0, 0.05) is 8.96 Å². The van der Waals surface area contributed by atoms with Crippen molar-refractivity contribution in [3.63, 3.8) is 0 Å². The molecule has 0 fully saturated rings.